The maximum absolute atomic E-state index is 11.2. The number of nitrogens with two attached hydrogens (primary N) is 1. The van der Waals surface area contributed by atoms with Crippen LogP contribution < -0.4 is 5.73 Å². The maximum Gasteiger partial charge on any atom is 0.325 e. The van der Waals surface area contributed by atoms with E-state index >= 15 is 0 Å². The number of hydrogen-bond acceptors (Lipinski definition) is 3. The first-order valence-electron chi connectivity index (χ1n) is 5.30. The molecule has 3 heteroatoms. The van der Waals surface area contributed by atoms with Crippen molar-refractivity contribution in [3.8, 4) is 0 Å². The van der Waals surface area contributed by atoms with E-state index in [4.69, 9.17) is 10.5 Å². The largest absolute Gasteiger partial charge is 0.464 e. The van der Waals surface area contributed by atoms with Crippen molar-refractivity contribution >= 4 is 5.97 Å². The molecule has 0 atom stereocenters. The Labute approximate surface area is 87.0 Å². The van der Waals surface area contributed by atoms with Crippen molar-refractivity contribution in [1.82, 2.24) is 0 Å². The summed E-state index contributed by atoms with van der Waals surface area (Å²) in [5.41, 5.74) is 4.70. The molecule has 0 bridgehead atoms. The number of carbonyl (C=O) groups is 1. The molecule has 0 aliphatic rings. The topological polar surface area (TPSA) is 52.3 Å². The molecule has 0 heterocycles. The van der Waals surface area contributed by atoms with Gasteiger partial charge >= 0.3 is 5.97 Å². The Morgan fingerprint density at radius 3 is 2.36 bits per heavy atom. The molecule has 14 heavy (non-hydrogen) atoms. The van der Waals surface area contributed by atoms with Gasteiger partial charge in [0.05, 0.1) is 6.61 Å². The second-order valence-corrected chi connectivity index (χ2v) is 4.75. The van der Waals surface area contributed by atoms with Gasteiger partial charge in [0.25, 0.3) is 0 Å². The van der Waals surface area contributed by atoms with Crippen molar-refractivity contribution in [2.75, 3.05) is 6.61 Å². The van der Waals surface area contributed by atoms with Crippen LogP contribution in [0.4, 0.5) is 0 Å². The van der Waals surface area contributed by atoms with Crippen LogP contribution in [0.2, 0.25) is 0 Å². The molecule has 84 valence electrons. The quantitative estimate of drug-likeness (QED) is 0.529. The Hall–Kier alpha value is -0.570. The highest BCUT2D eigenvalue weighted by atomic mass is 16.5. The van der Waals surface area contributed by atoms with Gasteiger partial charge in [0, 0.05) is 0 Å². The molecule has 0 aromatic carbocycles. The minimum absolute atomic E-state index is 0.318. The summed E-state index contributed by atoms with van der Waals surface area (Å²) < 4.78 is 5.02. The molecular weight excluding hydrogens is 178 g/mol. The van der Waals surface area contributed by atoms with Crippen molar-refractivity contribution in [1.29, 1.82) is 0 Å². The van der Waals surface area contributed by atoms with Crippen LogP contribution >= 0.6 is 0 Å². The van der Waals surface area contributed by atoms with E-state index in [0.717, 1.165) is 18.8 Å². The van der Waals surface area contributed by atoms with Crippen LogP contribution in [0.3, 0.4) is 0 Å². The predicted molar refractivity (Wildman–Crippen MR) is 57.9 cm³/mol. The number of rotatable bonds is 6. The summed E-state index contributed by atoms with van der Waals surface area (Å²) in [7, 11) is 0. The minimum atomic E-state index is -0.863. The van der Waals surface area contributed by atoms with Gasteiger partial charge in [-0.15, -0.1) is 0 Å². The zero-order chi connectivity index (χ0) is 11.2. The molecule has 0 aliphatic heterocycles. The highest BCUT2D eigenvalue weighted by Crippen LogP contribution is 2.07. The van der Waals surface area contributed by atoms with Gasteiger partial charge in [-0.1, -0.05) is 20.3 Å². The predicted octanol–water partition coefficient (Wildman–Crippen LogP) is 2.09. The average molecular weight is 201 g/mol. The molecule has 0 amide bonds. The number of unbranched alkanes of at least 4 members (excludes halogenated alkanes) is 1. The third-order valence-corrected chi connectivity index (χ3v) is 1.94. The highest BCUT2D eigenvalue weighted by Gasteiger charge is 2.23. The third-order valence-electron chi connectivity index (χ3n) is 1.94. The summed E-state index contributed by atoms with van der Waals surface area (Å²) in [6.07, 6.45) is 3.22. The van der Waals surface area contributed by atoms with E-state index in [9.17, 15) is 4.79 Å². The summed E-state index contributed by atoms with van der Waals surface area (Å²) in [5.74, 6) is 0.402. The fourth-order valence-electron chi connectivity index (χ4n) is 1.01. The van der Waals surface area contributed by atoms with Crippen molar-refractivity contribution < 1.29 is 9.53 Å². The summed E-state index contributed by atoms with van der Waals surface area (Å²) in [6.45, 7) is 8.18. The van der Waals surface area contributed by atoms with Gasteiger partial charge in [0.15, 0.2) is 0 Å². The first-order chi connectivity index (χ1) is 6.34. The Balaban J connectivity index is 3.42. The monoisotopic (exact) mass is 201 g/mol. The number of ether oxygens (including phenoxy) is 1. The van der Waals surface area contributed by atoms with Crippen molar-refractivity contribution in [3.63, 3.8) is 0 Å². The molecule has 0 rings (SSSR count). The Morgan fingerprint density at radius 1 is 1.36 bits per heavy atom. The smallest absolute Gasteiger partial charge is 0.325 e. The van der Waals surface area contributed by atoms with Gasteiger partial charge in [-0.05, 0) is 32.6 Å². The third kappa shape index (κ3) is 6.89. The summed E-state index contributed by atoms with van der Waals surface area (Å²) in [6, 6.07) is 0. The Morgan fingerprint density at radius 2 is 1.93 bits per heavy atom. The molecule has 0 saturated carbocycles. The fourth-order valence-corrected chi connectivity index (χ4v) is 1.01. The van der Waals surface area contributed by atoms with Gasteiger partial charge in [-0.2, -0.15) is 0 Å². The lowest BCUT2D eigenvalue weighted by atomic mass is 10.1. The first-order valence-corrected chi connectivity index (χ1v) is 5.30. The Kier molecular flexibility index (Phi) is 5.77. The van der Waals surface area contributed by atoms with Crippen LogP contribution in [0.25, 0.3) is 0 Å². The van der Waals surface area contributed by atoms with E-state index in [1.54, 1.807) is 13.8 Å². The van der Waals surface area contributed by atoms with E-state index in [0.29, 0.717) is 6.61 Å². The van der Waals surface area contributed by atoms with Gasteiger partial charge in [0.1, 0.15) is 5.54 Å². The van der Waals surface area contributed by atoms with Crippen molar-refractivity contribution in [2.24, 2.45) is 11.7 Å². The molecule has 0 saturated heterocycles. The maximum atomic E-state index is 11.2. The highest BCUT2D eigenvalue weighted by molar-refractivity contribution is 5.79. The van der Waals surface area contributed by atoms with Crippen molar-refractivity contribution in [2.45, 2.75) is 52.5 Å². The fraction of sp³-hybridized carbons (Fsp3) is 0.909. The number of esters is 1. The van der Waals surface area contributed by atoms with Crippen LogP contribution in [0, 0.1) is 5.92 Å². The van der Waals surface area contributed by atoms with Crippen LogP contribution in [0.15, 0.2) is 0 Å². The SMILES string of the molecule is CC(C)CCCCOC(=O)C(C)(C)N. The average Bonchev–Trinajstić information content (AvgIpc) is 2.01. The van der Waals surface area contributed by atoms with Crippen LogP contribution in [-0.2, 0) is 9.53 Å². The van der Waals surface area contributed by atoms with E-state index in [1.807, 2.05) is 0 Å². The van der Waals surface area contributed by atoms with Gasteiger partial charge in [-0.25, -0.2) is 0 Å². The number of carbonyl (C=O) groups excluding carboxylic acids is 1. The van der Waals surface area contributed by atoms with Gasteiger partial charge in [-0.3, -0.25) is 4.79 Å². The summed E-state index contributed by atoms with van der Waals surface area (Å²) in [4.78, 5) is 11.2. The lowest BCUT2D eigenvalue weighted by Gasteiger charge is -2.16. The Bertz CT molecular complexity index is 171. The number of hydrogen-bond donors (Lipinski definition) is 1. The molecule has 3 nitrogen and oxygen atoms in total. The normalized spacial score (nSPS) is 11.9. The lowest BCUT2D eigenvalue weighted by molar-refractivity contribution is -0.148. The molecule has 0 aromatic heterocycles. The standard InChI is InChI=1S/C11H23NO2/c1-9(2)7-5-6-8-14-10(13)11(3,4)12/h9H,5-8,12H2,1-4H3. The first kappa shape index (κ1) is 13.4. The zero-order valence-corrected chi connectivity index (χ0v) is 9.80. The molecule has 2 N–H and O–H groups in total. The lowest BCUT2D eigenvalue weighted by Crippen LogP contribution is -2.42. The van der Waals surface area contributed by atoms with Crippen LogP contribution in [-0.4, -0.2) is 18.1 Å². The van der Waals surface area contributed by atoms with Crippen LogP contribution in [0.5, 0.6) is 0 Å². The van der Waals surface area contributed by atoms with E-state index in [-0.39, 0.29) is 5.97 Å². The molecule has 0 aromatic rings. The molecule has 0 aliphatic carbocycles. The molecule has 0 spiro atoms. The molecular formula is C11H23NO2. The second kappa shape index (κ2) is 6.02. The summed E-state index contributed by atoms with van der Waals surface area (Å²) in [5, 5.41) is 0. The second-order valence-electron chi connectivity index (χ2n) is 4.75. The summed E-state index contributed by atoms with van der Waals surface area (Å²) >= 11 is 0. The van der Waals surface area contributed by atoms with Gasteiger partial charge < -0.3 is 10.5 Å². The van der Waals surface area contributed by atoms with E-state index < -0.39 is 5.54 Å². The minimum Gasteiger partial charge on any atom is -0.464 e. The zero-order valence-electron chi connectivity index (χ0n) is 9.80. The van der Waals surface area contributed by atoms with Crippen molar-refractivity contribution in [3.05, 3.63) is 0 Å². The molecule has 0 unspecified atom stereocenters. The van der Waals surface area contributed by atoms with Gasteiger partial charge in [0.2, 0.25) is 0 Å². The van der Waals surface area contributed by atoms with Crippen LogP contribution in [0.1, 0.15) is 47.0 Å². The molecule has 0 radical (unpaired) electrons. The molecule has 0 fully saturated rings. The van der Waals surface area contributed by atoms with E-state index in [1.165, 1.54) is 6.42 Å². The van der Waals surface area contributed by atoms with E-state index in [2.05, 4.69) is 13.8 Å².